The van der Waals surface area contributed by atoms with E-state index in [2.05, 4.69) is 13.0 Å². The number of allylic oxidation sites excluding steroid dienone is 1. The van der Waals surface area contributed by atoms with E-state index in [1.807, 2.05) is 48.5 Å². The lowest BCUT2D eigenvalue weighted by Gasteiger charge is -2.28. The summed E-state index contributed by atoms with van der Waals surface area (Å²) < 4.78 is 34.8. The largest absolute Gasteiger partial charge is 0.497 e. The summed E-state index contributed by atoms with van der Waals surface area (Å²) in [6.45, 7) is 3.85. The van der Waals surface area contributed by atoms with Gasteiger partial charge < -0.3 is 14.4 Å². The van der Waals surface area contributed by atoms with Gasteiger partial charge in [0, 0.05) is 18.0 Å². The molecule has 2 aromatic carbocycles. The zero-order valence-corrected chi connectivity index (χ0v) is 23.9. The zero-order chi connectivity index (χ0) is 28.4. The molecule has 1 fully saturated rings. The van der Waals surface area contributed by atoms with Gasteiger partial charge in [-0.3, -0.25) is 4.79 Å². The van der Waals surface area contributed by atoms with Gasteiger partial charge in [0.25, 0.3) is 5.91 Å². The van der Waals surface area contributed by atoms with Gasteiger partial charge in [0.05, 0.1) is 35.4 Å². The Labute approximate surface area is 234 Å². The van der Waals surface area contributed by atoms with Crippen LogP contribution in [0.15, 0.2) is 48.5 Å². The molecule has 1 amide bonds. The van der Waals surface area contributed by atoms with Crippen molar-refractivity contribution in [2.24, 2.45) is 5.92 Å². The molecule has 8 nitrogen and oxygen atoms in total. The van der Waals surface area contributed by atoms with Crippen LogP contribution in [0.25, 0.3) is 22.6 Å². The minimum atomic E-state index is -3.15. The summed E-state index contributed by atoms with van der Waals surface area (Å²) in [5.41, 5.74) is 4.76. The van der Waals surface area contributed by atoms with E-state index in [1.54, 1.807) is 14.0 Å². The highest BCUT2D eigenvalue weighted by atomic mass is 32.2. The maximum atomic E-state index is 13.7. The summed E-state index contributed by atoms with van der Waals surface area (Å²) in [4.78, 5) is 33.2. The highest BCUT2D eigenvalue weighted by Crippen LogP contribution is 2.39. The summed E-state index contributed by atoms with van der Waals surface area (Å²) in [6, 6.07) is 14.9. The fourth-order valence-electron chi connectivity index (χ4n) is 5.81. The SMILES string of the molecule is CCN(C(=O)COC(=O)c1c2c(nc3ccccc13)/C(=C/c1ccc(OC)cc1)C[C@H](C)C2)[C@H]1CCS(=O)(=O)C1. The first-order valence-electron chi connectivity index (χ1n) is 13.6. The molecule has 2 heterocycles. The van der Waals surface area contributed by atoms with Gasteiger partial charge in [-0.2, -0.15) is 0 Å². The molecular formula is C31H34N2O6S. The molecule has 0 N–H and O–H groups in total. The van der Waals surface area contributed by atoms with Crippen LogP contribution in [0.1, 0.15) is 53.9 Å². The highest BCUT2D eigenvalue weighted by Gasteiger charge is 2.35. The van der Waals surface area contributed by atoms with Crippen molar-refractivity contribution in [1.29, 1.82) is 0 Å². The number of ether oxygens (including phenoxy) is 2. The second kappa shape index (κ2) is 11.4. The molecular weight excluding hydrogens is 528 g/mol. The van der Waals surface area contributed by atoms with E-state index in [4.69, 9.17) is 14.5 Å². The first-order valence-corrected chi connectivity index (χ1v) is 15.4. The van der Waals surface area contributed by atoms with Gasteiger partial charge in [0.1, 0.15) is 5.75 Å². The standard InChI is InChI=1S/C31H34N2O6S/c1-4-33(23-13-14-40(36,37)19-23)28(34)18-39-31(35)29-25-7-5-6-8-27(25)32-30-22(15-20(2)16-26(29)30)17-21-9-11-24(38-3)12-10-21/h5-12,17,20,23H,4,13-16,18-19H2,1-3H3/b22-17+/t20-,23-/m0/s1. The first kappa shape index (κ1) is 27.8. The van der Waals surface area contributed by atoms with Crippen molar-refractivity contribution in [3.05, 3.63) is 70.9 Å². The molecule has 2 atom stereocenters. The van der Waals surface area contributed by atoms with Gasteiger partial charge in [0.2, 0.25) is 0 Å². The van der Waals surface area contributed by atoms with Crippen molar-refractivity contribution in [3.63, 3.8) is 0 Å². The van der Waals surface area contributed by atoms with Gasteiger partial charge >= 0.3 is 5.97 Å². The van der Waals surface area contributed by atoms with Crippen LogP contribution in [0.3, 0.4) is 0 Å². The van der Waals surface area contributed by atoms with E-state index in [0.717, 1.165) is 34.6 Å². The Morgan fingerprint density at radius 2 is 1.85 bits per heavy atom. The molecule has 1 aliphatic heterocycles. The lowest BCUT2D eigenvalue weighted by molar-refractivity contribution is -0.136. The summed E-state index contributed by atoms with van der Waals surface area (Å²) >= 11 is 0. The minimum absolute atomic E-state index is 0.0514. The molecule has 0 saturated carbocycles. The summed E-state index contributed by atoms with van der Waals surface area (Å²) in [5.74, 6) is 0.104. The topological polar surface area (TPSA) is 103 Å². The predicted octanol–water partition coefficient (Wildman–Crippen LogP) is 4.56. The van der Waals surface area contributed by atoms with Crippen LogP contribution in [-0.2, 0) is 25.8 Å². The Bertz CT molecular complexity index is 1580. The number of likely N-dealkylation sites (N-methyl/N-ethyl adjacent to an activating group) is 1. The normalized spacial score (nSPS) is 20.7. The van der Waals surface area contributed by atoms with E-state index in [0.29, 0.717) is 35.9 Å². The molecule has 0 spiro atoms. The number of sulfone groups is 1. The molecule has 1 aliphatic carbocycles. The molecule has 1 aromatic heterocycles. The third-order valence-corrected chi connectivity index (χ3v) is 9.47. The summed E-state index contributed by atoms with van der Waals surface area (Å²) in [7, 11) is -1.52. The van der Waals surface area contributed by atoms with E-state index in [-0.39, 0.29) is 23.5 Å². The van der Waals surface area contributed by atoms with Crippen molar-refractivity contribution in [2.45, 2.75) is 39.2 Å². The second-order valence-electron chi connectivity index (χ2n) is 10.6. The second-order valence-corrected chi connectivity index (χ2v) is 12.8. The van der Waals surface area contributed by atoms with Gasteiger partial charge in [-0.05, 0) is 73.1 Å². The third kappa shape index (κ3) is 5.75. The molecule has 0 radical (unpaired) electrons. The lowest BCUT2D eigenvalue weighted by atomic mass is 9.80. The third-order valence-electron chi connectivity index (χ3n) is 7.72. The molecule has 1 saturated heterocycles. The van der Waals surface area contributed by atoms with E-state index in [9.17, 15) is 18.0 Å². The number of pyridine rings is 1. The molecule has 9 heteroatoms. The number of rotatable bonds is 7. The molecule has 5 rings (SSSR count). The molecule has 3 aromatic rings. The van der Waals surface area contributed by atoms with Gasteiger partial charge in [-0.25, -0.2) is 18.2 Å². The quantitative estimate of drug-likeness (QED) is 0.389. The summed E-state index contributed by atoms with van der Waals surface area (Å²) in [5, 5.41) is 0.686. The molecule has 0 unspecified atom stereocenters. The lowest BCUT2D eigenvalue weighted by Crippen LogP contribution is -2.43. The van der Waals surface area contributed by atoms with Crippen LogP contribution in [0.5, 0.6) is 5.75 Å². The van der Waals surface area contributed by atoms with Gasteiger partial charge in [-0.1, -0.05) is 37.3 Å². The molecule has 2 aliphatic rings. The Kier molecular flexibility index (Phi) is 7.94. The van der Waals surface area contributed by atoms with Crippen molar-refractivity contribution in [2.75, 3.05) is 31.8 Å². The number of para-hydroxylation sites is 1. The smallest absolute Gasteiger partial charge is 0.339 e. The number of amides is 1. The Morgan fingerprint density at radius 3 is 2.52 bits per heavy atom. The number of aromatic nitrogens is 1. The van der Waals surface area contributed by atoms with Crippen LogP contribution in [0.4, 0.5) is 0 Å². The number of hydrogen-bond acceptors (Lipinski definition) is 7. The number of esters is 1. The van der Waals surface area contributed by atoms with E-state index < -0.39 is 28.3 Å². The summed E-state index contributed by atoms with van der Waals surface area (Å²) in [6.07, 6.45) is 3.97. The number of methoxy groups -OCH3 is 1. The molecule has 210 valence electrons. The zero-order valence-electron chi connectivity index (χ0n) is 23.1. The van der Waals surface area contributed by atoms with Crippen molar-refractivity contribution in [3.8, 4) is 5.75 Å². The predicted molar refractivity (Wildman–Crippen MR) is 155 cm³/mol. The van der Waals surface area contributed by atoms with Crippen LogP contribution < -0.4 is 4.74 Å². The maximum Gasteiger partial charge on any atom is 0.339 e. The minimum Gasteiger partial charge on any atom is -0.497 e. The molecule has 40 heavy (non-hydrogen) atoms. The maximum absolute atomic E-state index is 13.7. The number of benzene rings is 2. The van der Waals surface area contributed by atoms with Gasteiger partial charge in [0.15, 0.2) is 16.4 Å². The highest BCUT2D eigenvalue weighted by molar-refractivity contribution is 7.91. The Hall–Kier alpha value is -3.72. The number of fused-ring (bicyclic) bond motifs is 2. The average Bonchev–Trinajstić information content (AvgIpc) is 3.30. The van der Waals surface area contributed by atoms with Crippen LogP contribution in [-0.4, -0.2) is 68.0 Å². The monoisotopic (exact) mass is 562 g/mol. The van der Waals surface area contributed by atoms with E-state index >= 15 is 0 Å². The van der Waals surface area contributed by atoms with Crippen LogP contribution in [0, 0.1) is 5.92 Å². The number of hydrogen-bond donors (Lipinski definition) is 0. The van der Waals surface area contributed by atoms with Crippen molar-refractivity contribution in [1.82, 2.24) is 9.88 Å². The van der Waals surface area contributed by atoms with Crippen molar-refractivity contribution < 1.29 is 27.5 Å². The number of carbonyl (C=O) groups is 2. The van der Waals surface area contributed by atoms with Crippen LogP contribution >= 0.6 is 0 Å². The number of nitrogens with zero attached hydrogens (tertiary/aromatic N) is 2. The van der Waals surface area contributed by atoms with Gasteiger partial charge in [-0.15, -0.1) is 0 Å². The number of carbonyl (C=O) groups excluding carboxylic acids is 2. The van der Waals surface area contributed by atoms with Crippen molar-refractivity contribution >= 4 is 44.3 Å². The fourth-order valence-corrected chi connectivity index (χ4v) is 7.54. The van der Waals surface area contributed by atoms with E-state index in [1.165, 1.54) is 4.90 Å². The van der Waals surface area contributed by atoms with Crippen LogP contribution in [0.2, 0.25) is 0 Å². The molecule has 0 bridgehead atoms. The Morgan fingerprint density at radius 1 is 1.10 bits per heavy atom. The average molecular weight is 563 g/mol. The fraction of sp³-hybridized carbons (Fsp3) is 0.387. The Balaban J connectivity index is 1.47. The first-order chi connectivity index (χ1) is 19.2.